The molecule has 7 heteroatoms. The van der Waals surface area contributed by atoms with Crippen LogP contribution in [0.3, 0.4) is 0 Å². The van der Waals surface area contributed by atoms with Crippen molar-refractivity contribution >= 4 is 5.69 Å². The van der Waals surface area contributed by atoms with Gasteiger partial charge in [-0.3, -0.25) is 15.0 Å². The van der Waals surface area contributed by atoms with Crippen molar-refractivity contribution in [1.29, 1.82) is 0 Å². The molecule has 3 rings (SSSR count). The van der Waals surface area contributed by atoms with Crippen molar-refractivity contribution < 1.29 is 14.8 Å². The summed E-state index contributed by atoms with van der Waals surface area (Å²) in [6, 6.07) is 10.3. The van der Waals surface area contributed by atoms with E-state index in [1.54, 1.807) is 12.1 Å². The number of non-ortho nitro benzene ring substituents is 1. The molecule has 7 nitrogen and oxygen atoms in total. The lowest BCUT2D eigenvalue weighted by Gasteiger charge is -2.37. The van der Waals surface area contributed by atoms with E-state index in [1.807, 2.05) is 29.9 Å². The SMILES string of the molecule is Cn1cccc1[C@H]1COCCN1C[C@@H](O)c1cccc([N+](=O)[O-])c1. The van der Waals surface area contributed by atoms with Crippen LogP contribution in [-0.2, 0) is 11.8 Å². The Balaban J connectivity index is 1.76. The average molecular weight is 331 g/mol. The maximum Gasteiger partial charge on any atom is 0.269 e. The molecule has 2 aromatic rings. The van der Waals surface area contributed by atoms with Crippen LogP contribution in [0.1, 0.15) is 23.4 Å². The van der Waals surface area contributed by atoms with Crippen LogP contribution in [0.25, 0.3) is 0 Å². The molecule has 24 heavy (non-hydrogen) atoms. The van der Waals surface area contributed by atoms with E-state index in [2.05, 4.69) is 4.90 Å². The normalized spacial score (nSPS) is 20.0. The molecule has 1 aliphatic heterocycles. The topological polar surface area (TPSA) is 80.8 Å². The van der Waals surface area contributed by atoms with Crippen LogP contribution in [0.15, 0.2) is 42.6 Å². The molecular weight excluding hydrogens is 310 g/mol. The minimum absolute atomic E-state index is 0.00693. The van der Waals surface area contributed by atoms with Crippen LogP contribution >= 0.6 is 0 Å². The number of benzene rings is 1. The smallest absolute Gasteiger partial charge is 0.269 e. The molecule has 0 bridgehead atoms. The van der Waals surface area contributed by atoms with Gasteiger partial charge in [-0.05, 0) is 17.7 Å². The fourth-order valence-electron chi connectivity index (χ4n) is 3.12. The maximum atomic E-state index is 10.9. The summed E-state index contributed by atoms with van der Waals surface area (Å²) in [6.07, 6.45) is 1.20. The van der Waals surface area contributed by atoms with E-state index >= 15 is 0 Å². The number of morpholine rings is 1. The van der Waals surface area contributed by atoms with Gasteiger partial charge in [-0.2, -0.15) is 0 Å². The monoisotopic (exact) mass is 331 g/mol. The number of aliphatic hydroxyl groups excluding tert-OH is 1. The fraction of sp³-hybridized carbons (Fsp3) is 0.412. The van der Waals surface area contributed by atoms with Crippen molar-refractivity contribution in [3.8, 4) is 0 Å². The van der Waals surface area contributed by atoms with Gasteiger partial charge in [0.2, 0.25) is 0 Å². The predicted molar refractivity (Wildman–Crippen MR) is 88.6 cm³/mol. The number of hydrogen-bond donors (Lipinski definition) is 1. The number of nitro groups is 1. The van der Waals surface area contributed by atoms with Gasteiger partial charge in [-0.1, -0.05) is 12.1 Å². The molecule has 0 saturated carbocycles. The standard InChI is InChI=1S/C17H21N3O4/c1-18-7-3-6-15(18)16-12-24-9-8-19(16)11-17(21)13-4-2-5-14(10-13)20(22)23/h2-7,10,16-17,21H,8-9,11-12H2,1H3/t16-,17-/m1/s1. The zero-order valence-electron chi connectivity index (χ0n) is 13.5. The molecule has 1 aliphatic rings. The number of aryl methyl sites for hydroxylation is 1. The highest BCUT2D eigenvalue weighted by atomic mass is 16.6. The summed E-state index contributed by atoms with van der Waals surface area (Å²) >= 11 is 0. The highest BCUT2D eigenvalue weighted by Crippen LogP contribution is 2.27. The molecule has 2 heterocycles. The number of β-amino-alcohol motifs (C(OH)–C–C–N with tert-alkyl or cyclic N) is 1. The Morgan fingerprint density at radius 2 is 2.25 bits per heavy atom. The van der Waals surface area contributed by atoms with E-state index in [0.29, 0.717) is 31.9 Å². The average Bonchev–Trinajstić information content (AvgIpc) is 3.01. The summed E-state index contributed by atoms with van der Waals surface area (Å²) in [7, 11) is 1.99. The molecular formula is C17H21N3O4. The highest BCUT2D eigenvalue weighted by Gasteiger charge is 2.28. The minimum atomic E-state index is -0.786. The molecule has 0 spiro atoms. The first kappa shape index (κ1) is 16.6. The lowest BCUT2D eigenvalue weighted by Crippen LogP contribution is -2.42. The van der Waals surface area contributed by atoms with Gasteiger partial charge in [-0.25, -0.2) is 0 Å². The quantitative estimate of drug-likeness (QED) is 0.670. The van der Waals surface area contributed by atoms with Crippen LogP contribution < -0.4 is 0 Å². The van der Waals surface area contributed by atoms with Gasteiger partial charge < -0.3 is 14.4 Å². The van der Waals surface area contributed by atoms with E-state index in [1.165, 1.54) is 12.1 Å². The number of hydrogen-bond acceptors (Lipinski definition) is 5. The Labute approximate surface area is 140 Å². The number of nitrogens with zero attached hydrogens (tertiary/aromatic N) is 3. The Hall–Kier alpha value is -2.22. The van der Waals surface area contributed by atoms with E-state index in [4.69, 9.17) is 4.74 Å². The van der Waals surface area contributed by atoms with Crippen LogP contribution in [0.2, 0.25) is 0 Å². The Bertz CT molecular complexity index is 715. The van der Waals surface area contributed by atoms with Crippen molar-refractivity contribution in [2.24, 2.45) is 7.05 Å². The molecule has 1 fully saturated rings. The van der Waals surface area contributed by atoms with E-state index in [9.17, 15) is 15.2 Å². The number of aliphatic hydroxyl groups is 1. The number of rotatable bonds is 5. The van der Waals surface area contributed by atoms with E-state index in [0.717, 1.165) is 5.69 Å². The van der Waals surface area contributed by atoms with Gasteiger partial charge >= 0.3 is 0 Å². The summed E-state index contributed by atoms with van der Waals surface area (Å²) < 4.78 is 7.65. The summed E-state index contributed by atoms with van der Waals surface area (Å²) in [5.41, 5.74) is 1.68. The fourth-order valence-corrected chi connectivity index (χ4v) is 3.12. The van der Waals surface area contributed by atoms with Gasteiger partial charge in [0, 0.05) is 44.2 Å². The van der Waals surface area contributed by atoms with Crippen molar-refractivity contribution in [1.82, 2.24) is 9.47 Å². The third-order valence-electron chi connectivity index (χ3n) is 4.44. The van der Waals surface area contributed by atoms with Crippen LogP contribution in [-0.4, -0.2) is 45.8 Å². The van der Waals surface area contributed by atoms with Gasteiger partial charge in [0.1, 0.15) is 0 Å². The predicted octanol–water partition coefficient (Wildman–Crippen LogP) is 2.04. The van der Waals surface area contributed by atoms with Gasteiger partial charge in [0.15, 0.2) is 0 Å². The highest BCUT2D eigenvalue weighted by molar-refractivity contribution is 5.35. The first-order chi connectivity index (χ1) is 11.6. The lowest BCUT2D eigenvalue weighted by atomic mass is 10.1. The zero-order chi connectivity index (χ0) is 17.1. The van der Waals surface area contributed by atoms with Crippen molar-refractivity contribution in [3.63, 3.8) is 0 Å². The molecule has 1 saturated heterocycles. The second kappa shape index (κ2) is 7.12. The van der Waals surface area contributed by atoms with Gasteiger partial charge in [-0.15, -0.1) is 0 Å². The first-order valence-electron chi connectivity index (χ1n) is 7.91. The largest absolute Gasteiger partial charge is 0.387 e. The van der Waals surface area contributed by atoms with Crippen molar-refractivity contribution in [3.05, 3.63) is 64.0 Å². The second-order valence-electron chi connectivity index (χ2n) is 6.00. The van der Waals surface area contributed by atoms with Crippen LogP contribution in [0.5, 0.6) is 0 Å². The van der Waals surface area contributed by atoms with Gasteiger partial charge in [0.25, 0.3) is 5.69 Å². The Kier molecular flexibility index (Phi) is 4.94. The van der Waals surface area contributed by atoms with Gasteiger partial charge in [0.05, 0.1) is 30.3 Å². The van der Waals surface area contributed by atoms with Crippen molar-refractivity contribution in [2.75, 3.05) is 26.3 Å². The number of nitro benzene ring substituents is 1. The molecule has 128 valence electrons. The van der Waals surface area contributed by atoms with Crippen molar-refractivity contribution in [2.45, 2.75) is 12.1 Å². The maximum absolute atomic E-state index is 10.9. The molecule has 0 radical (unpaired) electrons. The summed E-state index contributed by atoms with van der Waals surface area (Å²) in [4.78, 5) is 12.6. The molecule has 1 aromatic heterocycles. The molecule has 1 N–H and O–H groups in total. The molecule has 2 atom stereocenters. The molecule has 0 amide bonds. The number of ether oxygens (including phenoxy) is 1. The zero-order valence-corrected chi connectivity index (χ0v) is 13.5. The third-order valence-corrected chi connectivity index (χ3v) is 4.44. The minimum Gasteiger partial charge on any atom is -0.387 e. The van der Waals surface area contributed by atoms with E-state index in [-0.39, 0.29) is 11.7 Å². The summed E-state index contributed by atoms with van der Waals surface area (Å²) in [6.45, 7) is 2.30. The first-order valence-corrected chi connectivity index (χ1v) is 7.91. The summed E-state index contributed by atoms with van der Waals surface area (Å²) in [5.74, 6) is 0. The van der Waals surface area contributed by atoms with E-state index < -0.39 is 11.0 Å². The lowest BCUT2D eigenvalue weighted by molar-refractivity contribution is -0.385. The second-order valence-corrected chi connectivity index (χ2v) is 6.00. The van der Waals surface area contributed by atoms with Crippen LogP contribution in [0, 0.1) is 10.1 Å². The third kappa shape index (κ3) is 3.48. The molecule has 0 aliphatic carbocycles. The molecule has 1 aromatic carbocycles. The molecule has 0 unspecified atom stereocenters. The number of aromatic nitrogens is 1. The Morgan fingerprint density at radius 3 is 2.96 bits per heavy atom. The Morgan fingerprint density at radius 1 is 1.42 bits per heavy atom. The van der Waals surface area contributed by atoms with Crippen LogP contribution in [0.4, 0.5) is 5.69 Å². The summed E-state index contributed by atoms with van der Waals surface area (Å²) in [5, 5.41) is 21.5.